The minimum absolute atomic E-state index is 0.196. The highest BCUT2D eigenvalue weighted by molar-refractivity contribution is 6.30. The zero-order valence-electron chi connectivity index (χ0n) is 10.6. The minimum atomic E-state index is -2.42. The van der Waals surface area contributed by atoms with Crippen molar-refractivity contribution in [2.24, 2.45) is 0 Å². The van der Waals surface area contributed by atoms with Gasteiger partial charge < -0.3 is 10.1 Å². The number of benzene rings is 1. The Balaban J connectivity index is 2.81. The third-order valence-corrected chi connectivity index (χ3v) is 2.88. The van der Waals surface area contributed by atoms with Crippen LogP contribution >= 0.6 is 11.6 Å². The van der Waals surface area contributed by atoms with E-state index in [0.717, 1.165) is 6.42 Å². The summed E-state index contributed by atoms with van der Waals surface area (Å²) in [5.74, 6) is 0.586. The van der Waals surface area contributed by atoms with Crippen LogP contribution in [0.15, 0.2) is 18.2 Å². The van der Waals surface area contributed by atoms with Gasteiger partial charge in [-0.2, -0.15) is 0 Å². The molecule has 2 nitrogen and oxygen atoms in total. The average molecular weight is 278 g/mol. The molecule has 0 radical (unpaired) electrons. The van der Waals surface area contributed by atoms with Crippen molar-refractivity contribution in [2.45, 2.75) is 32.2 Å². The molecule has 0 bridgehead atoms. The van der Waals surface area contributed by atoms with Gasteiger partial charge in [0.2, 0.25) is 0 Å². The summed E-state index contributed by atoms with van der Waals surface area (Å²) in [7, 11) is 1.52. The Morgan fingerprint density at radius 3 is 2.67 bits per heavy atom. The van der Waals surface area contributed by atoms with E-state index in [1.165, 1.54) is 7.11 Å². The quantitative estimate of drug-likeness (QED) is 0.823. The Hall–Kier alpha value is -0.870. The van der Waals surface area contributed by atoms with Crippen LogP contribution in [0.2, 0.25) is 5.02 Å². The average Bonchev–Trinajstić information content (AvgIpc) is 2.34. The number of rotatable bonds is 7. The van der Waals surface area contributed by atoms with Gasteiger partial charge in [0.25, 0.3) is 6.43 Å². The molecule has 1 rings (SSSR count). The Kier molecular flexibility index (Phi) is 6.36. The Labute approximate surface area is 111 Å². The molecule has 0 aliphatic carbocycles. The van der Waals surface area contributed by atoms with E-state index in [2.05, 4.69) is 5.32 Å². The number of methoxy groups -OCH3 is 1. The SMILES string of the molecule is CCCNC(Cc1cc(Cl)ccc1OC)C(F)F. The van der Waals surface area contributed by atoms with E-state index in [1.807, 2.05) is 6.92 Å². The molecule has 0 aliphatic heterocycles. The van der Waals surface area contributed by atoms with Crippen molar-refractivity contribution >= 4 is 11.6 Å². The lowest BCUT2D eigenvalue weighted by molar-refractivity contribution is 0.0980. The van der Waals surface area contributed by atoms with Crippen LogP contribution < -0.4 is 10.1 Å². The number of hydrogen-bond donors (Lipinski definition) is 1. The summed E-state index contributed by atoms with van der Waals surface area (Å²) in [6, 6.07) is 4.17. The first-order valence-corrected chi connectivity index (χ1v) is 6.30. The summed E-state index contributed by atoms with van der Waals surface area (Å²) >= 11 is 5.88. The van der Waals surface area contributed by atoms with Crippen molar-refractivity contribution in [2.75, 3.05) is 13.7 Å². The fourth-order valence-electron chi connectivity index (χ4n) is 1.72. The van der Waals surface area contributed by atoms with Crippen LogP contribution in [0.5, 0.6) is 5.75 Å². The van der Waals surface area contributed by atoms with Gasteiger partial charge in [0.1, 0.15) is 5.75 Å². The summed E-state index contributed by atoms with van der Waals surface area (Å²) in [6.07, 6.45) is -1.41. The molecule has 1 unspecified atom stereocenters. The number of halogens is 3. The summed E-state index contributed by atoms with van der Waals surface area (Å²) in [5.41, 5.74) is 0.693. The monoisotopic (exact) mass is 277 g/mol. The second-order valence-electron chi connectivity index (χ2n) is 4.06. The summed E-state index contributed by atoms with van der Waals surface area (Å²) in [6.45, 7) is 2.51. The predicted octanol–water partition coefficient (Wildman–Crippen LogP) is 3.52. The molecular weight excluding hydrogens is 260 g/mol. The first-order chi connectivity index (χ1) is 8.58. The van der Waals surface area contributed by atoms with Gasteiger partial charge in [0.15, 0.2) is 0 Å². The maximum absolute atomic E-state index is 12.9. The van der Waals surface area contributed by atoms with E-state index in [1.54, 1.807) is 18.2 Å². The zero-order valence-corrected chi connectivity index (χ0v) is 11.3. The zero-order chi connectivity index (χ0) is 13.5. The smallest absolute Gasteiger partial charge is 0.254 e. The molecule has 18 heavy (non-hydrogen) atoms. The fraction of sp³-hybridized carbons (Fsp3) is 0.538. The molecule has 0 saturated heterocycles. The van der Waals surface area contributed by atoms with Gasteiger partial charge in [0, 0.05) is 5.02 Å². The van der Waals surface area contributed by atoms with Gasteiger partial charge in [0.05, 0.1) is 13.2 Å². The molecule has 0 spiro atoms. The maximum Gasteiger partial charge on any atom is 0.254 e. The molecule has 102 valence electrons. The summed E-state index contributed by atoms with van der Waals surface area (Å²) < 4.78 is 31.0. The largest absolute Gasteiger partial charge is 0.496 e. The van der Waals surface area contributed by atoms with E-state index < -0.39 is 12.5 Å². The van der Waals surface area contributed by atoms with E-state index in [-0.39, 0.29) is 6.42 Å². The molecule has 1 atom stereocenters. The highest BCUT2D eigenvalue weighted by atomic mass is 35.5. The lowest BCUT2D eigenvalue weighted by Gasteiger charge is -2.19. The van der Waals surface area contributed by atoms with Gasteiger partial charge in [-0.15, -0.1) is 0 Å². The third-order valence-electron chi connectivity index (χ3n) is 2.64. The number of hydrogen-bond acceptors (Lipinski definition) is 2. The van der Waals surface area contributed by atoms with Crippen molar-refractivity contribution in [1.82, 2.24) is 5.32 Å². The van der Waals surface area contributed by atoms with Crippen molar-refractivity contribution in [1.29, 1.82) is 0 Å². The normalized spacial score (nSPS) is 12.8. The van der Waals surface area contributed by atoms with Crippen LogP contribution in [0.4, 0.5) is 8.78 Å². The van der Waals surface area contributed by atoms with Crippen molar-refractivity contribution in [3.8, 4) is 5.75 Å². The van der Waals surface area contributed by atoms with Crippen LogP contribution in [-0.4, -0.2) is 26.1 Å². The predicted molar refractivity (Wildman–Crippen MR) is 69.8 cm³/mol. The molecule has 0 heterocycles. The number of ether oxygens (including phenoxy) is 1. The maximum atomic E-state index is 12.9. The third kappa shape index (κ3) is 4.42. The second-order valence-corrected chi connectivity index (χ2v) is 4.49. The van der Waals surface area contributed by atoms with Crippen molar-refractivity contribution < 1.29 is 13.5 Å². The van der Waals surface area contributed by atoms with E-state index >= 15 is 0 Å². The fourth-order valence-corrected chi connectivity index (χ4v) is 1.92. The van der Waals surface area contributed by atoms with Crippen LogP contribution in [-0.2, 0) is 6.42 Å². The highest BCUT2D eigenvalue weighted by Gasteiger charge is 2.21. The molecule has 0 fully saturated rings. The second kappa shape index (κ2) is 7.54. The molecule has 0 aromatic heterocycles. The van der Waals surface area contributed by atoms with E-state index in [0.29, 0.717) is 22.9 Å². The number of nitrogens with one attached hydrogen (secondary N) is 1. The molecule has 0 aliphatic rings. The Morgan fingerprint density at radius 1 is 1.39 bits per heavy atom. The molecule has 1 aromatic rings. The lowest BCUT2D eigenvalue weighted by atomic mass is 10.0. The van der Waals surface area contributed by atoms with Crippen molar-refractivity contribution in [3.63, 3.8) is 0 Å². The molecular formula is C13H18ClF2NO. The molecule has 0 amide bonds. The van der Waals surface area contributed by atoms with E-state index in [9.17, 15) is 8.78 Å². The molecule has 1 aromatic carbocycles. The van der Waals surface area contributed by atoms with Gasteiger partial charge in [-0.1, -0.05) is 18.5 Å². The van der Waals surface area contributed by atoms with Crippen LogP contribution in [0, 0.1) is 0 Å². The van der Waals surface area contributed by atoms with Crippen molar-refractivity contribution in [3.05, 3.63) is 28.8 Å². The first kappa shape index (κ1) is 15.2. The minimum Gasteiger partial charge on any atom is -0.496 e. The number of alkyl halides is 2. The van der Waals surface area contributed by atoms with Gasteiger partial charge in [-0.05, 0) is 43.1 Å². The highest BCUT2D eigenvalue weighted by Crippen LogP contribution is 2.25. The Morgan fingerprint density at radius 2 is 2.11 bits per heavy atom. The summed E-state index contributed by atoms with van der Waals surface area (Å²) in [5, 5.41) is 3.36. The van der Waals surface area contributed by atoms with Gasteiger partial charge >= 0.3 is 0 Å². The topological polar surface area (TPSA) is 21.3 Å². The lowest BCUT2D eigenvalue weighted by Crippen LogP contribution is -2.38. The van der Waals surface area contributed by atoms with E-state index in [4.69, 9.17) is 16.3 Å². The van der Waals surface area contributed by atoms with Crippen LogP contribution in [0.3, 0.4) is 0 Å². The summed E-state index contributed by atoms with van der Waals surface area (Å²) in [4.78, 5) is 0. The molecule has 1 N–H and O–H groups in total. The Bertz CT molecular complexity index is 374. The van der Waals surface area contributed by atoms with Crippen LogP contribution in [0.1, 0.15) is 18.9 Å². The van der Waals surface area contributed by atoms with Gasteiger partial charge in [-0.25, -0.2) is 8.78 Å². The standard InChI is InChI=1S/C13H18ClF2NO/c1-3-6-17-11(13(15)16)8-9-7-10(14)4-5-12(9)18-2/h4-5,7,11,13,17H,3,6,8H2,1-2H3. The first-order valence-electron chi connectivity index (χ1n) is 5.92. The molecule has 0 saturated carbocycles. The van der Waals surface area contributed by atoms with Gasteiger partial charge in [-0.3, -0.25) is 0 Å². The molecule has 5 heteroatoms. The van der Waals surface area contributed by atoms with Crippen LogP contribution in [0.25, 0.3) is 0 Å².